The molecule has 0 bridgehead atoms. The SMILES string of the molecule is CCc1[nH]cnc1Br. The minimum Gasteiger partial charge on any atom is -0.348 e. The molecule has 0 aliphatic rings. The van der Waals surface area contributed by atoms with Crippen molar-refractivity contribution in [3.05, 3.63) is 16.6 Å². The highest BCUT2D eigenvalue weighted by atomic mass is 79.9. The molecule has 0 atom stereocenters. The highest BCUT2D eigenvalue weighted by molar-refractivity contribution is 9.10. The fraction of sp³-hybridized carbons (Fsp3) is 0.400. The van der Waals surface area contributed by atoms with Gasteiger partial charge in [0.05, 0.1) is 6.33 Å². The molecule has 2 nitrogen and oxygen atoms in total. The van der Waals surface area contributed by atoms with Gasteiger partial charge in [0.25, 0.3) is 0 Å². The molecule has 0 radical (unpaired) electrons. The molecule has 0 saturated heterocycles. The van der Waals surface area contributed by atoms with Crippen LogP contribution in [0.15, 0.2) is 10.9 Å². The number of H-pyrrole nitrogens is 1. The number of aryl methyl sites for hydroxylation is 1. The number of aromatic amines is 1. The standard InChI is InChI=1S/C5H7BrN2/c1-2-4-5(6)8-3-7-4/h3H,2H2,1H3,(H,7,8). The van der Waals surface area contributed by atoms with Gasteiger partial charge in [-0.2, -0.15) is 0 Å². The van der Waals surface area contributed by atoms with Crippen molar-refractivity contribution in [3.8, 4) is 0 Å². The van der Waals surface area contributed by atoms with Gasteiger partial charge in [0, 0.05) is 5.69 Å². The summed E-state index contributed by atoms with van der Waals surface area (Å²) in [5.74, 6) is 0. The summed E-state index contributed by atoms with van der Waals surface area (Å²) in [6, 6.07) is 0. The Morgan fingerprint density at radius 2 is 2.62 bits per heavy atom. The number of halogens is 1. The van der Waals surface area contributed by atoms with E-state index in [1.807, 2.05) is 0 Å². The summed E-state index contributed by atoms with van der Waals surface area (Å²) in [4.78, 5) is 6.95. The second-order valence-corrected chi connectivity index (χ2v) is 2.28. The summed E-state index contributed by atoms with van der Waals surface area (Å²) in [6.45, 7) is 2.08. The smallest absolute Gasteiger partial charge is 0.127 e. The number of rotatable bonds is 1. The zero-order valence-corrected chi connectivity index (χ0v) is 6.20. The van der Waals surface area contributed by atoms with E-state index < -0.39 is 0 Å². The summed E-state index contributed by atoms with van der Waals surface area (Å²) in [5.41, 5.74) is 1.16. The molecule has 8 heavy (non-hydrogen) atoms. The van der Waals surface area contributed by atoms with E-state index in [1.165, 1.54) is 0 Å². The molecular weight excluding hydrogens is 168 g/mol. The zero-order valence-electron chi connectivity index (χ0n) is 4.61. The summed E-state index contributed by atoms with van der Waals surface area (Å²) >= 11 is 3.28. The minimum atomic E-state index is 0.931. The van der Waals surface area contributed by atoms with Crippen LogP contribution in [0.5, 0.6) is 0 Å². The van der Waals surface area contributed by atoms with Crippen molar-refractivity contribution in [2.45, 2.75) is 13.3 Å². The summed E-state index contributed by atoms with van der Waals surface area (Å²) < 4.78 is 0.931. The lowest BCUT2D eigenvalue weighted by atomic mass is 10.4. The maximum atomic E-state index is 3.95. The molecule has 1 aromatic rings. The zero-order chi connectivity index (χ0) is 5.98. The van der Waals surface area contributed by atoms with Crippen LogP contribution in [0.4, 0.5) is 0 Å². The third kappa shape index (κ3) is 0.916. The van der Waals surface area contributed by atoms with Gasteiger partial charge in [0.15, 0.2) is 0 Å². The molecule has 0 aliphatic carbocycles. The topological polar surface area (TPSA) is 28.7 Å². The Morgan fingerprint density at radius 3 is 2.88 bits per heavy atom. The van der Waals surface area contributed by atoms with E-state index in [0.29, 0.717) is 0 Å². The molecule has 0 spiro atoms. The summed E-state index contributed by atoms with van der Waals surface area (Å²) in [7, 11) is 0. The first-order chi connectivity index (χ1) is 3.84. The Labute approximate surface area is 56.5 Å². The summed E-state index contributed by atoms with van der Waals surface area (Å²) in [6.07, 6.45) is 2.68. The van der Waals surface area contributed by atoms with Crippen LogP contribution < -0.4 is 0 Å². The first-order valence-corrected chi connectivity index (χ1v) is 3.31. The Balaban J connectivity index is 2.92. The largest absolute Gasteiger partial charge is 0.348 e. The van der Waals surface area contributed by atoms with Gasteiger partial charge in [-0.3, -0.25) is 0 Å². The van der Waals surface area contributed by atoms with Gasteiger partial charge in [-0.25, -0.2) is 4.98 Å². The quantitative estimate of drug-likeness (QED) is 0.691. The highest BCUT2D eigenvalue weighted by Crippen LogP contribution is 2.09. The summed E-state index contributed by atoms with van der Waals surface area (Å²) in [5, 5.41) is 0. The van der Waals surface area contributed by atoms with E-state index in [0.717, 1.165) is 16.7 Å². The Hall–Kier alpha value is -0.310. The van der Waals surface area contributed by atoms with Crippen molar-refractivity contribution in [3.63, 3.8) is 0 Å². The van der Waals surface area contributed by atoms with Gasteiger partial charge in [-0.15, -0.1) is 0 Å². The normalized spacial score (nSPS) is 9.75. The molecule has 3 heteroatoms. The monoisotopic (exact) mass is 174 g/mol. The number of nitrogens with one attached hydrogen (secondary N) is 1. The predicted octanol–water partition coefficient (Wildman–Crippen LogP) is 1.73. The van der Waals surface area contributed by atoms with Crippen LogP contribution in [0.1, 0.15) is 12.6 Å². The lowest BCUT2D eigenvalue weighted by molar-refractivity contribution is 1.05. The van der Waals surface area contributed by atoms with Crippen LogP contribution in [0.3, 0.4) is 0 Å². The van der Waals surface area contributed by atoms with Gasteiger partial charge in [0.2, 0.25) is 0 Å². The molecular formula is C5H7BrN2. The second-order valence-electron chi connectivity index (χ2n) is 1.53. The molecule has 0 fully saturated rings. The van der Waals surface area contributed by atoms with Crippen molar-refractivity contribution in [1.29, 1.82) is 0 Å². The van der Waals surface area contributed by atoms with Gasteiger partial charge < -0.3 is 4.98 Å². The molecule has 0 unspecified atom stereocenters. The molecule has 1 N–H and O–H groups in total. The van der Waals surface area contributed by atoms with Crippen molar-refractivity contribution in [1.82, 2.24) is 9.97 Å². The lowest BCUT2D eigenvalue weighted by Gasteiger charge is -1.85. The van der Waals surface area contributed by atoms with E-state index >= 15 is 0 Å². The average Bonchev–Trinajstić information content (AvgIpc) is 2.14. The second kappa shape index (κ2) is 2.31. The molecule has 1 aromatic heterocycles. The lowest BCUT2D eigenvalue weighted by Crippen LogP contribution is -1.77. The van der Waals surface area contributed by atoms with E-state index in [9.17, 15) is 0 Å². The van der Waals surface area contributed by atoms with Crippen molar-refractivity contribution >= 4 is 15.9 Å². The third-order valence-electron chi connectivity index (χ3n) is 1.02. The highest BCUT2D eigenvalue weighted by Gasteiger charge is 1.95. The van der Waals surface area contributed by atoms with Crippen LogP contribution in [0, 0.1) is 0 Å². The average molecular weight is 175 g/mol. The van der Waals surface area contributed by atoms with E-state index in [4.69, 9.17) is 0 Å². The van der Waals surface area contributed by atoms with Gasteiger partial charge in [-0.05, 0) is 22.4 Å². The molecule has 0 aliphatic heterocycles. The number of hydrogen-bond acceptors (Lipinski definition) is 1. The van der Waals surface area contributed by atoms with Crippen LogP contribution in [0.25, 0.3) is 0 Å². The third-order valence-corrected chi connectivity index (χ3v) is 1.70. The van der Waals surface area contributed by atoms with Crippen LogP contribution >= 0.6 is 15.9 Å². The van der Waals surface area contributed by atoms with E-state index in [2.05, 4.69) is 32.8 Å². The first-order valence-electron chi connectivity index (χ1n) is 2.52. The maximum absolute atomic E-state index is 3.95. The van der Waals surface area contributed by atoms with Gasteiger partial charge in [-0.1, -0.05) is 6.92 Å². The van der Waals surface area contributed by atoms with Crippen LogP contribution in [-0.4, -0.2) is 9.97 Å². The van der Waals surface area contributed by atoms with Crippen molar-refractivity contribution in [2.75, 3.05) is 0 Å². The first kappa shape index (κ1) is 5.82. The molecule has 44 valence electrons. The van der Waals surface area contributed by atoms with Gasteiger partial charge >= 0.3 is 0 Å². The number of nitrogens with zero attached hydrogens (tertiary/aromatic N) is 1. The molecule has 0 saturated carbocycles. The predicted molar refractivity (Wildman–Crippen MR) is 35.7 cm³/mol. The van der Waals surface area contributed by atoms with Crippen molar-refractivity contribution < 1.29 is 0 Å². The van der Waals surface area contributed by atoms with Crippen molar-refractivity contribution in [2.24, 2.45) is 0 Å². The Bertz CT molecular complexity index is 171. The fourth-order valence-electron chi connectivity index (χ4n) is 0.552. The number of hydrogen-bond donors (Lipinski definition) is 1. The van der Waals surface area contributed by atoms with Crippen LogP contribution in [-0.2, 0) is 6.42 Å². The van der Waals surface area contributed by atoms with E-state index in [1.54, 1.807) is 6.33 Å². The molecule has 0 aromatic carbocycles. The molecule has 0 amide bonds. The fourth-order valence-corrected chi connectivity index (χ4v) is 1.05. The number of aromatic nitrogens is 2. The number of imidazole rings is 1. The minimum absolute atomic E-state index is 0.931. The molecule has 1 rings (SSSR count). The Morgan fingerprint density at radius 1 is 1.88 bits per heavy atom. The Kier molecular flexibility index (Phi) is 1.68. The maximum Gasteiger partial charge on any atom is 0.127 e. The molecule has 1 heterocycles. The van der Waals surface area contributed by atoms with E-state index in [-0.39, 0.29) is 0 Å². The van der Waals surface area contributed by atoms with Crippen LogP contribution in [0.2, 0.25) is 0 Å². The van der Waals surface area contributed by atoms with Gasteiger partial charge in [0.1, 0.15) is 4.60 Å².